The van der Waals surface area contributed by atoms with E-state index in [1.54, 1.807) is 0 Å². The maximum atomic E-state index is 9.55. The molecule has 64 heavy (non-hydrogen) atoms. The summed E-state index contributed by atoms with van der Waals surface area (Å²) in [5, 5.41) is 53.6. The number of benzene rings is 2. The van der Waals surface area contributed by atoms with Crippen LogP contribution in [0.5, 0.6) is 0 Å². The Morgan fingerprint density at radius 1 is 0.516 bits per heavy atom. The zero-order valence-electron chi connectivity index (χ0n) is 35.6. The van der Waals surface area contributed by atoms with E-state index < -0.39 is 35.8 Å². The summed E-state index contributed by atoms with van der Waals surface area (Å²) < 4.78 is 15.6. The van der Waals surface area contributed by atoms with Gasteiger partial charge < -0.3 is 69.7 Å². The van der Waals surface area contributed by atoms with Crippen molar-refractivity contribution in [1.82, 2.24) is 29.7 Å². The molecule has 6 rings (SSSR count). The van der Waals surface area contributed by atoms with Gasteiger partial charge in [0.25, 0.3) is 0 Å². The van der Waals surface area contributed by atoms with Gasteiger partial charge in [-0.15, -0.1) is 0 Å². The van der Waals surface area contributed by atoms with Crippen molar-refractivity contribution >= 4 is 69.8 Å². The molecular weight excluding hydrogens is 841 g/mol. The summed E-state index contributed by atoms with van der Waals surface area (Å²) in [7, 11) is 0. The molecule has 0 saturated carbocycles. The van der Waals surface area contributed by atoms with Crippen molar-refractivity contribution in [2.75, 3.05) is 88.6 Å². The molecule has 22 heteroatoms. The first-order valence-electron chi connectivity index (χ1n) is 20.1. The lowest BCUT2D eigenvalue weighted by Gasteiger charge is -2.28. The minimum Gasteiger partial charge on any atom is -0.478 e. The third kappa shape index (κ3) is 20.6. The summed E-state index contributed by atoms with van der Waals surface area (Å²) >= 11 is 0. The molecule has 0 bridgehead atoms. The first kappa shape index (κ1) is 53.0. The number of anilines is 2. The van der Waals surface area contributed by atoms with Crippen LogP contribution in [-0.2, 0) is 51.3 Å². The summed E-state index contributed by atoms with van der Waals surface area (Å²) in [5.41, 5.74) is 4.52. The van der Waals surface area contributed by atoms with Crippen LogP contribution in [0.2, 0.25) is 0 Å². The third-order valence-corrected chi connectivity index (χ3v) is 8.50. The number of aliphatic carboxylic acids is 6. The monoisotopic (exact) mass is 896 g/mol. The highest BCUT2D eigenvalue weighted by atomic mass is 16.5. The highest BCUT2D eigenvalue weighted by Gasteiger charge is 2.20. The molecule has 2 saturated heterocycles. The van der Waals surface area contributed by atoms with Crippen molar-refractivity contribution in [1.29, 1.82) is 0 Å². The molecule has 0 unspecified atom stereocenters. The number of nitrogens with one attached hydrogen (secondary N) is 2. The number of hydrogen-bond donors (Lipinski definition) is 8. The minimum absolute atomic E-state index is 0.558. The second-order valence-corrected chi connectivity index (χ2v) is 13.0. The number of carboxylic acids is 6. The molecule has 4 heterocycles. The number of imidazole rings is 2. The quantitative estimate of drug-likeness (QED) is 0.0590. The lowest BCUT2D eigenvalue weighted by atomic mass is 10.3. The van der Waals surface area contributed by atoms with Gasteiger partial charge >= 0.3 is 35.8 Å². The molecule has 2 aromatic heterocycles. The highest BCUT2D eigenvalue weighted by molar-refractivity contribution is 5.90. The van der Waals surface area contributed by atoms with Crippen molar-refractivity contribution in [2.24, 2.45) is 0 Å². The molecule has 0 aliphatic carbocycles. The van der Waals surface area contributed by atoms with Crippen LogP contribution >= 0.6 is 0 Å². The van der Waals surface area contributed by atoms with Gasteiger partial charge in [0.05, 0.1) is 35.3 Å². The van der Waals surface area contributed by atoms with Crippen LogP contribution in [-0.4, -0.2) is 164 Å². The number of rotatable bonds is 16. The molecule has 2 aliphatic rings. The maximum Gasteiger partial charge on any atom is 0.328 e. The first-order valence-corrected chi connectivity index (χ1v) is 20.1. The van der Waals surface area contributed by atoms with Gasteiger partial charge in [0.2, 0.25) is 11.9 Å². The fraction of sp³-hybridized carbons (Fsp3) is 0.381. The van der Waals surface area contributed by atoms with Gasteiger partial charge in [-0.05, 0) is 38.1 Å². The van der Waals surface area contributed by atoms with Crippen LogP contribution in [0.3, 0.4) is 0 Å². The summed E-state index contributed by atoms with van der Waals surface area (Å²) in [5.74, 6) is -5.39. The van der Waals surface area contributed by atoms with Crippen molar-refractivity contribution in [3.8, 4) is 0 Å². The molecule has 2 fully saturated rings. The van der Waals surface area contributed by atoms with E-state index in [0.29, 0.717) is 36.5 Å². The third-order valence-electron chi connectivity index (χ3n) is 8.50. The Morgan fingerprint density at radius 2 is 0.797 bits per heavy atom. The lowest BCUT2D eigenvalue weighted by molar-refractivity contribution is -0.134. The minimum atomic E-state index is -1.26. The van der Waals surface area contributed by atoms with E-state index >= 15 is 0 Å². The van der Waals surface area contributed by atoms with Crippen LogP contribution < -0.4 is 20.4 Å². The van der Waals surface area contributed by atoms with Gasteiger partial charge in [0.15, 0.2) is 0 Å². The largest absolute Gasteiger partial charge is 0.478 e. The summed E-state index contributed by atoms with van der Waals surface area (Å²) in [4.78, 5) is 71.7. The number of piperazine rings is 2. The number of aromatic nitrogens is 4. The number of fused-ring (bicyclic) bond motifs is 2. The Balaban J connectivity index is 0.000000298. The maximum absolute atomic E-state index is 9.55. The highest BCUT2D eigenvalue weighted by Crippen LogP contribution is 2.24. The van der Waals surface area contributed by atoms with Crippen molar-refractivity contribution in [3.63, 3.8) is 0 Å². The van der Waals surface area contributed by atoms with E-state index in [2.05, 4.69) is 66.0 Å². The molecule has 2 aliphatic heterocycles. The molecule has 0 atom stereocenters. The molecule has 348 valence electrons. The van der Waals surface area contributed by atoms with E-state index in [4.69, 9.17) is 50.1 Å². The van der Waals surface area contributed by atoms with Crippen LogP contribution in [0.15, 0.2) is 85.0 Å². The second-order valence-electron chi connectivity index (χ2n) is 13.0. The molecule has 4 aromatic rings. The SMILES string of the molecule is CCOCCn1c(N2CCNCC2)nc2ccccc21.CCOCCn1c(N2CCNCC2)nc2ccccc21.O=C(O)/C=C/C(=O)O.O=C(O)/C=C/C(=O)O.O=C(O)/C=C/C(=O)O. The summed E-state index contributed by atoms with van der Waals surface area (Å²) in [6.45, 7) is 16.9. The van der Waals surface area contributed by atoms with Gasteiger partial charge in [-0.1, -0.05) is 24.3 Å². The van der Waals surface area contributed by atoms with Crippen LogP contribution in [0.1, 0.15) is 13.8 Å². The standard InChI is InChI=1S/2C15H22N4O.3C4H4O4/c2*1-2-20-12-11-19-14-6-4-3-5-13(14)17-15(19)18-9-7-16-8-10-18;3*5-3(6)1-2-4(7)8/h2*3-6,16H,2,7-12H2,1H3;3*1-2H,(H,5,6)(H,7,8)/b;;3*2-1+. The number of para-hydroxylation sites is 4. The number of hydrogen-bond acceptors (Lipinski definition) is 14. The van der Waals surface area contributed by atoms with Crippen molar-refractivity contribution in [2.45, 2.75) is 26.9 Å². The number of carboxylic acid groups (broad SMARTS) is 6. The predicted molar refractivity (Wildman–Crippen MR) is 236 cm³/mol. The molecule has 8 N–H and O–H groups in total. The molecule has 0 spiro atoms. The van der Waals surface area contributed by atoms with E-state index in [0.717, 1.165) is 115 Å². The molecule has 2 aromatic carbocycles. The number of ether oxygens (including phenoxy) is 2. The lowest BCUT2D eigenvalue weighted by Crippen LogP contribution is -2.44. The molecular formula is C42H56N8O14. The molecule has 0 amide bonds. The van der Waals surface area contributed by atoms with Gasteiger partial charge in [-0.3, -0.25) is 0 Å². The van der Waals surface area contributed by atoms with Gasteiger partial charge in [0.1, 0.15) is 0 Å². The Kier molecular flexibility index (Phi) is 24.8. The summed E-state index contributed by atoms with van der Waals surface area (Å²) in [6.07, 6.45) is 3.35. The fourth-order valence-electron chi connectivity index (χ4n) is 5.81. The number of nitrogens with zero attached hydrogens (tertiary/aromatic N) is 6. The average molecular weight is 897 g/mol. The van der Waals surface area contributed by atoms with Crippen molar-refractivity contribution < 1.29 is 68.9 Å². The van der Waals surface area contributed by atoms with Gasteiger partial charge in [-0.25, -0.2) is 38.7 Å². The van der Waals surface area contributed by atoms with Crippen LogP contribution in [0.25, 0.3) is 22.1 Å². The normalized spacial score (nSPS) is 13.5. The van der Waals surface area contributed by atoms with Crippen LogP contribution in [0, 0.1) is 0 Å². The molecule has 0 radical (unpaired) electrons. The predicted octanol–water partition coefficient (Wildman–Crippen LogP) is 2.10. The fourth-order valence-corrected chi connectivity index (χ4v) is 5.81. The van der Waals surface area contributed by atoms with E-state index in [-0.39, 0.29) is 0 Å². The van der Waals surface area contributed by atoms with Crippen molar-refractivity contribution in [3.05, 3.63) is 85.0 Å². The zero-order valence-corrected chi connectivity index (χ0v) is 35.6. The summed E-state index contributed by atoms with van der Waals surface area (Å²) in [6, 6.07) is 16.7. The Hall–Kier alpha value is -7.14. The van der Waals surface area contributed by atoms with E-state index in [1.807, 2.05) is 26.0 Å². The molecule has 22 nitrogen and oxygen atoms in total. The smallest absolute Gasteiger partial charge is 0.328 e. The Morgan fingerprint density at radius 3 is 1.06 bits per heavy atom. The van der Waals surface area contributed by atoms with Gasteiger partial charge in [-0.2, -0.15) is 0 Å². The Labute approximate surface area is 368 Å². The second kappa shape index (κ2) is 30.0. The van der Waals surface area contributed by atoms with E-state index in [9.17, 15) is 28.8 Å². The van der Waals surface area contributed by atoms with E-state index in [1.165, 1.54) is 11.0 Å². The van der Waals surface area contributed by atoms with Crippen LogP contribution in [0.4, 0.5) is 11.9 Å². The topological polar surface area (TPSA) is 308 Å². The average Bonchev–Trinajstić information content (AvgIpc) is 3.84. The van der Waals surface area contributed by atoms with Gasteiger partial charge in [0, 0.05) is 115 Å². The number of carbonyl (C=O) groups is 6. The Bertz CT molecular complexity index is 1960. The first-order chi connectivity index (χ1) is 30.7. The zero-order chi connectivity index (χ0) is 47.3.